The van der Waals surface area contributed by atoms with Crippen molar-refractivity contribution in [3.05, 3.63) is 46.7 Å². The van der Waals surface area contributed by atoms with Crippen molar-refractivity contribution in [1.29, 1.82) is 5.26 Å². The summed E-state index contributed by atoms with van der Waals surface area (Å²) in [6, 6.07) is 7.58. The summed E-state index contributed by atoms with van der Waals surface area (Å²) < 4.78 is 0. The maximum atomic E-state index is 12.0. The zero-order valence-electron chi connectivity index (χ0n) is 9.16. The zero-order chi connectivity index (χ0) is 11.6. The van der Waals surface area contributed by atoms with Gasteiger partial charge in [0.15, 0.2) is 5.78 Å². The molecule has 0 unspecified atom stereocenters. The maximum absolute atomic E-state index is 12.0. The molecule has 2 aliphatic carbocycles. The average molecular weight is 222 g/mol. The molecule has 82 valence electrons. The summed E-state index contributed by atoms with van der Waals surface area (Å²) in [6.45, 7) is 0.954. The fraction of sp³-hybridized carbons (Fsp3) is 0.286. The van der Waals surface area contributed by atoms with E-state index in [0.29, 0.717) is 11.5 Å². The molecule has 3 nitrogen and oxygen atoms in total. The predicted octanol–water partition coefficient (Wildman–Crippen LogP) is 1.50. The van der Waals surface area contributed by atoms with Gasteiger partial charge in [-0.25, -0.2) is 0 Å². The Morgan fingerprint density at radius 2 is 2.35 bits per heavy atom. The van der Waals surface area contributed by atoms with Crippen LogP contribution in [0.4, 0.5) is 0 Å². The molecule has 1 N–H and O–H groups in total. The molecule has 17 heavy (non-hydrogen) atoms. The number of fused-ring (bicyclic) bond motifs is 1. The number of hydrogen-bond donors (Lipinski definition) is 1. The first-order valence-corrected chi connectivity index (χ1v) is 5.81. The molecule has 0 aromatic heterocycles. The lowest BCUT2D eigenvalue weighted by atomic mass is 9.81. The molecule has 1 aromatic rings. The Hall–Kier alpha value is -2.08. The number of nitrogens with zero attached hydrogens (tertiary/aromatic N) is 1. The third-order valence-corrected chi connectivity index (χ3v) is 4.29. The molecular formula is C14H10N2O. The Morgan fingerprint density at radius 3 is 3.12 bits per heavy atom. The van der Waals surface area contributed by atoms with E-state index >= 15 is 0 Å². The van der Waals surface area contributed by atoms with Gasteiger partial charge in [-0.2, -0.15) is 5.26 Å². The third kappa shape index (κ3) is 0.898. The van der Waals surface area contributed by atoms with Crippen molar-refractivity contribution in [2.24, 2.45) is 5.92 Å². The van der Waals surface area contributed by atoms with E-state index in [2.05, 4.69) is 11.4 Å². The Bertz CT molecular complexity index is 638. The van der Waals surface area contributed by atoms with Crippen LogP contribution in [-0.2, 0) is 5.41 Å². The van der Waals surface area contributed by atoms with Gasteiger partial charge in [0.2, 0.25) is 0 Å². The van der Waals surface area contributed by atoms with Crippen LogP contribution in [0.5, 0.6) is 0 Å². The lowest BCUT2D eigenvalue weighted by Gasteiger charge is -2.23. The van der Waals surface area contributed by atoms with Crippen LogP contribution in [0.15, 0.2) is 30.0 Å². The number of carbonyl (C=O) groups excluding carboxylic acids is 1. The number of nitrogens with one attached hydrogen (secondary N) is 1. The highest BCUT2D eigenvalue weighted by Gasteiger charge is 2.63. The molecule has 3 heteroatoms. The number of allylic oxidation sites excluding steroid dienone is 2. The summed E-state index contributed by atoms with van der Waals surface area (Å²) in [5, 5.41) is 12.3. The predicted molar refractivity (Wildman–Crippen MR) is 61.4 cm³/mol. The van der Waals surface area contributed by atoms with Gasteiger partial charge in [-0.05, 0) is 36.1 Å². The molecule has 1 aromatic carbocycles. The van der Waals surface area contributed by atoms with E-state index in [1.54, 1.807) is 18.2 Å². The smallest absolute Gasteiger partial charge is 0.187 e. The van der Waals surface area contributed by atoms with Crippen LogP contribution in [0.1, 0.15) is 27.9 Å². The highest BCUT2D eigenvalue weighted by molar-refractivity contribution is 6.08. The molecule has 1 spiro atoms. The first-order chi connectivity index (χ1) is 8.25. The fourth-order valence-corrected chi connectivity index (χ4v) is 3.36. The van der Waals surface area contributed by atoms with Crippen LogP contribution >= 0.6 is 0 Å². The van der Waals surface area contributed by atoms with Gasteiger partial charge in [-0.3, -0.25) is 4.79 Å². The highest BCUT2D eigenvalue weighted by atomic mass is 16.1. The zero-order valence-corrected chi connectivity index (χ0v) is 9.16. The number of nitriles is 1. The molecule has 2 fully saturated rings. The van der Waals surface area contributed by atoms with E-state index in [1.807, 2.05) is 6.07 Å². The normalized spacial score (nSPS) is 31.6. The standard InChI is InChI=1S/C14H10N2O/c15-6-8-1-2-10-11(3-8)14-5-9(14)7-16-13(14)4-12(10)17/h1-4,9,16H,5,7H2/t9-,14-/m0/s1. The molecule has 2 atom stereocenters. The molecule has 1 saturated carbocycles. The van der Waals surface area contributed by atoms with Gasteiger partial charge in [0.05, 0.1) is 11.6 Å². The van der Waals surface area contributed by atoms with Crippen LogP contribution in [0.25, 0.3) is 0 Å². The SMILES string of the molecule is N#Cc1ccc2c(c1)[C@]13C[C@H]1CNC3=CC2=O. The van der Waals surface area contributed by atoms with Gasteiger partial charge in [0.1, 0.15) is 0 Å². The summed E-state index contributed by atoms with van der Waals surface area (Å²) in [6.07, 6.45) is 2.85. The number of piperidine rings is 1. The molecule has 1 aliphatic heterocycles. The van der Waals surface area contributed by atoms with Crippen LogP contribution in [0.2, 0.25) is 0 Å². The van der Waals surface area contributed by atoms with Crippen LogP contribution in [0.3, 0.4) is 0 Å². The van der Waals surface area contributed by atoms with Crippen LogP contribution in [0, 0.1) is 17.2 Å². The highest BCUT2D eigenvalue weighted by Crippen LogP contribution is 2.63. The second kappa shape index (κ2) is 2.60. The molecular weight excluding hydrogens is 212 g/mol. The van der Waals surface area contributed by atoms with E-state index in [9.17, 15) is 4.79 Å². The van der Waals surface area contributed by atoms with Crippen molar-refractivity contribution in [3.63, 3.8) is 0 Å². The van der Waals surface area contributed by atoms with Gasteiger partial charge in [0, 0.05) is 29.3 Å². The van der Waals surface area contributed by atoms with Gasteiger partial charge < -0.3 is 5.32 Å². The number of hydrogen-bond acceptors (Lipinski definition) is 3. The molecule has 0 radical (unpaired) electrons. The molecule has 0 amide bonds. The average Bonchev–Trinajstić information content (AvgIpc) is 2.98. The van der Waals surface area contributed by atoms with E-state index in [4.69, 9.17) is 5.26 Å². The first kappa shape index (κ1) is 9.00. The molecule has 0 bridgehead atoms. The van der Waals surface area contributed by atoms with E-state index in [-0.39, 0.29) is 11.2 Å². The van der Waals surface area contributed by atoms with Gasteiger partial charge >= 0.3 is 0 Å². The van der Waals surface area contributed by atoms with Crippen molar-refractivity contribution in [3.8, 4) is 6.07 Å². The van der Waals surface area contributed by atoms with Crippen LogP contribution < -0.4 is 5.32 Å². The minimum absolute atomic E-state index is 0.0378. The lowest BCUT2D eigenvalue weighted by molar-refractivity contribution is 0.104. The van der Waals surface area contributed by atoms with E-state index in [0.717, 1.165) is 29.8 Å². The quantitative estimate of drug-likeness (QED) is 0.723. The Labute approximate surface area is 98.7 Å². The Kier molecular flexibility index (Phi) is 1.37. The summed E-state index contributed by atoms with van der Waals surface area (Å²) in [4.78, 5) is 12.0. The summed E-state index contributed by atoms with van der Waals surface area (Å²) in [7, 11) is 0. The third-order valence-electron chi connectivity index (χ3n) is 4.29. The second-order valence-corrected chi connectivity index (χ2v) is 5.05. The fourth-order valence-electron chi connectivity index (χ4n) is 3.36. The first-order valence-electron chi connectivity index (χ1n) is 5.81. The molecule has 1 heterocycles. The van der Waals surface area contributed by atoms with E-state index < -0.39 is 0 Å². The van der Waals surface area contributed by atoms with Crippen molar-refractivity contribution in [2.75, 3.05) is 6.54 Å². The summed E-state index contributed by atoms with van der Waals surface area (Å²) in [5.41, 5.74) is 3.59. The number of carbonyl (C=O) groups is 1. The number of benzene rings is 1. The van der Waals surface area contributed by atoms with Crippen molar-refractivity contribution >= 4 is 5.78 Å². The largest absolute Gasteiger partial charge is 0.387 e. The second-order valence-electron chi connectivity index (χ2n) is 5.05. The lowest BCUT2D eigenvalue weighted by Crippen LogP contribution is -2.25. The molecule has 1 saturated heterocycles. The van der Waals surface area contributed by atoms with Gasteiger partial charge in [-0.1, -0.05) is 0 Å². The topological polar surface area (TPSA) is 52.9 Å². The maximum Gasteiger partial charge on any atom is 0.187 e. The van der Waals surface area contributed by atoms with Crippen molar-refractivity contribution in [1.82, 2.24) is 5.32 Å². The minimum atomic E-state index is 0.0378. The Balaban J connectivity index is 2.02. The van der Waals surface area contributed by atoms with Crippen molar-refractivity contribution in [2.45, 2.75) is 11.8 Å². The molecule has 4 rings (SSSR count). The summed E-state index contributed by atoms with van der Waals surface area (Å²) in [5.74, 6) is 0.666. The summed E-state index contributed by atoms with van der Waals surface area (Å²) >= 11 is 0. The number of ketones is 1. The van der Waals surface area contributed by atoms with Crippen molar-refractivity contribution < 1.29 is 4.79 Å². The van der Waals surface area contributed by atoms with Gasteiger partial charge in [-0.15, -0.1) is 0 Å². The molecule has 3 aliphatic rings. The monoisotopic (exact) mass is 222 g/mol. The minimum Gasteiger partial charge on any atom is -0.387 e. The number of rotatable bonds is 0. The van der Waals surface area contributed by atoms with Gasteiger partial charge in [0.25, 0.3) is 0 Å². The van der Waals surface area contributed by atoms with Crippen LogP contribution in [-0.4, -0.2) is 12.3 Å². The van der Waals surface area contributed by atoms with E-state index in [1.165, 1.54) is 0 Å². The Morgan fingerprint density at radius 1 is 1.47 bits per heavy atom.